The van der Waals surface area contributed by atoms with E-state index in [2.05, 4.69) is 36.3 Å². The number of aryl methyl sites for hydroxylation is 2. The minimum absolute atomic E-state index is 0.0379. The van der Waals surface area contributed by atoms with Gasteiger partial charge in [0.1, 0.15) is 5.82 Å². The van der Waals surface area contributed by atoms with Crippen molar-refractivity contribution in [3.05, 3.63) is 71.6 Å². The normalized spacial score (nSPS) is 20.1. The number of methoxy groups -OCH3 is 1. The molecule has 12 heteroatoms. The van der Waals surface area contributed by atoms with E-state index in [0.717, 1.165) is 77.5 Å². The zero-order valence-electron chi connectivity index (χ0n) is 28.0. The van der Waals surface area contributed by atoms with Gasteiger partial charge in [0.25, 0.3) is 0 Å². The van der Waals surface area contributed by atoms with E-state index in [1.54, 1.807) is 30.7 Å². The molecule has 7 heterocycles. The van der Waals surface area contributed by atoms with Gasteiger partial charge >= 0.3 is 0 Å². The maximum absolute atomic E-state index is 14.3. The molecule has 0 radical (unpaired) electrons. The Morgan fingerprint density at radius 1 is 1.02 bits per heavy atom. The van der Waals surface area contributed by atoms with Gasteiger partial charge in [0.15, 0.2) is 15.7 Å². The highest BCUT2D eigenvalue weighted by atomic mass is 32.2. The monoisotopic (exact) mass is 696 g/mol. The van der Waals surface area contributed by atoms with Crippen molar-refractivity contribution in [1.82, 2.24) is 24.9 Å². The van der Waals surface area contributed by atoms with Crippen molar-refractivity contribution >= 4 is 37.1 Å². The fraction of sp³-hybridized carbons (Fsp3) is 0.432. The minimum Gasteiger partial charge on any atom is -0.481 e. The average Bonchev–Trinajstić information content (AvgIpc) is 3.81. The van der Waals surface area contributed by atoms with E-state index < -0.39 is 9.84 Å². The summed E-state index contributed by atoms with van der Waals surface area (Å²) in [5.74, 6) is 2.05. The molecule has 2 aliphatic heterocycles. The lowest BCUT2D eigenvalue weighted by Gasteiger charge is -2.23. The molecule has 1 N–H and O–H groups in total. The van der Waals surface area contributed by atoms with Crippen molar-refractivity contribution in [2.75, 3.05) is 31.4 Å². The van der Waals surface area contributed by atoms with E-state index in [1.807, 2.05) is 24.5 Å². The lowest BCUT2D eigenvalue weighted by atomic mass is 9.89. The summed E-state index contributed by atoms with van der Waals surface area (Å²) in [4.78, 5) is 25.3. The molecule has 1 aliphatic carbocycles. The molecule has 8 rings (SSSR count). The lowest BCUT2D eigenvalue weighted by molar-refractivity contribution is 0.0639. The van der Waals surface area contributed by atoms with Crippen LogP contribution in [0.3, 0.4) is 0 Å². The van der Waals surface area contributed by atoms with Crippen molar-refractivity contribution in [3.8, 4) is 27.7 Å². The van der Waals surface area contributed by atoms with Gasteiger partial charge in [-0.15, -0.1) is 11.3 Å². The number of hydrogen-bond donors (Lipinski definition) is 1. The molecule has 49 heavy (non-hydrogen) atoms. The number of aromatic nitrogens is 5. The Balaban J connectivity index is 1.33. The van der Waals surface area contributed by atoms with Crippen LogP contribution in [-0.4, -0.2) is 59.4 Å². The second-order valence-corrected chi connectivity index (χ2v) is 16.7. The Labute approximate surface area is 290 Å². The zero-order chi connectivity index (χ0) is 33.7. The number of sulfone groups is 1. The predicted molar refractivity (Wildman–Crippen MR) is 191 cm³/mol. The number of nitrogens with zero attached hydrogens (tertiary/aromatic N) is 5. The van der Waals surface area contributed by atoms with E-state index in [9.17, 15) is 8.42 Å². The molecule has 254 valence electrons. The van der Waals surface area contributed by atoms with Gasteiger partial charge in [-0.3, -0.25) is 9.97 Å². The second kappa shape index (κ2) is 13.0. The van der Waals surface area contributed by atoms with Gasteiger partial charge in [-0.1, -0.05) is 19.9 Å². The van der Waals surface area contributed by atoms with Crippen molar-refractivity contribution in [2.24, 2.45) is 11.8 Å². The first-order valence-corrected chi connectivity index (χ1v) is 19.6. The van der Waals surface area contributed by atoms with Gasteiger partial charge in [0.05, 0.1) is 45.5 Å². The van der Waals surface area contributed by atoms with Gasteiger partial charge < -0.3 is 14.8 Å². The molecule has 1 fully saturated rings. The predicted octanol–water partition coefficient (Wildman–Crippen LogP) is 7.20. The van der Waals surface area contributed by atoms with Crippen molar-refractivity contribution < 1.29 is 17.9 Å². The summed E-state index contributed by atoms with van der Waals surface area (Å²) < 4.78 is 40.7. The van der Waals surface area contributed by atoms with E-state index in [-0.39, 0.29) is 23.6 Å². The van der Waals surface area contributed by atoms with E-state index >= 15 is 0 Å². The minimum atomic E-state index is -3.67. The van der Waals surface area contributed by atoms with Crippen LogP contribution < -0.4 is 10.1 Å². The number of fused-ring (bicyclic) bond motifs is 3. The number of ether oxygens (including phenoxy) is 2. The van der Waals surface area contributed by atoms with Crippen molar-refractivity contribution in [1.29, 1.82) is 0 Å². The first-order chi connectivity index (χ1) is 23.8. The molecular weight excluding hydrogens is 657 g/mol. The van der Waals surface area contributed by atoms with Gasteiger partial charge in [-0.05, 0) is 79.5 Å². The molecule has 0 aromatic carbocycles. The highest BCUT2D eigenvalue weighted by Gasteiger charge is 2.43. The molecule has 0 amide bonds. The van der Waals surface area contributed by atoms with Crippen LogP contribution in [-0.2, 0) is 27.4 Å². The summed E-state index contributed by atoms with van der Waals surface area (Å²) in [5.41, 5.74) is 5.13. The third kappa shape index (κ3) is 5.97. The Morgan fingerprint density at radius 2 is 1.86 bits per heavy atom. The number of pyridine rings is 3. The second-order valence-electron chi connectivity index (χ2n) is 13.6. The van der Waals surface area contributed by atoms with Gasteiger partial charge in [0, 0.05) is 59.9 Å². The maximum atomic E-state index is 14.3. The Hall–Kier alpha value is -4.00. The maximum Gasteiger partial charge on any atom is 0.216 e. The van der Waals surface area contributed by atoms with Crippen LogP contribution in [0.4, 0.5) is 5.82 Å². The fourth-order valence-corrected chi connectivity index (χ4v) is 11.1. The van der Waals surface area contributed by atoms with E-state index in [0.29, 0.717) is 45.8 Å². The van der Waals surface area contributed by atoms with Crippen molar-refractivity contribution in [2.45, 2.75) is 69.2 Å². The molecule has 0 bridgehead atoms. The number of thiophene rings is 1. The SMILES string of the molecule is COc1ccnc(-c2c(CCC3CCOCC3)nc3c(c2-c2cc4ccnc(NC5CCc6ncccc65)c4s2)S(=O)(=O)C[C@@H]3C(C)C)n1. The summed E-state index contributed by atoms with van der Waals surface area (Å²) in [5, 5.41) is 4.69. The lowest BCUT2D eigenvalue weighted by Crippen LogP contribution is -2.17. The van der Waals surface area contributed by atoms with Gasteiger partial charge in [0.2, 0.25) is 5.88 Å². The van der Waals surface area contributed by atoms with Crippen LogP contribution in [0.1, 0.15) is 74.1 Å². The molecule has 10 nitrogen and oxygen atoms in total. The zero-order valence-corrected chi connectivity index (χ0v) is 29.6. The smallest absolute Gasteiger partial charge is 0.216 e. The van der Waals surface area contributed by atoms with Gasteiger partial charge in [-0.2, -0.15) is 4.98 Å². The molecule has 1 saturated heterocycles. The highest BCUT2D eigenvalue weighted by molar-refractivity contribution is 7.92. The Kier molecular flexibility index (Phi) is 8.57. The standard InChI is InChI=1S/C37H40N6O4S2/c1-21(2)25-20-49(44,45)35-32(29-19-23-10-15-40-37(34(23)48-29)42-27-9-8-26-24(27)5-4-14-38-26)31(36-39-16-11-30(43-36)46-3)28(41-33(25)35)7-6-22-12-17-47-18-13-22/h4-5,10-11,14-16,19,21-22,25,27H,6-9,12-13,17-18,20H2,1-3H3,(H,40,42)/t25-,27?/m1/s1. The Bertz CT molecular complexity index is 2140. The summed E-state index contributed by atoms with van der Waals surface area (Å²) in [6, 6.07) is 10.00. The van der Waals surface area contributed by atoms with Gasteiger partial charge in [-0.25, -0.2) is 18.4 Å². The van der Waals surface area contributed by atoms with Crippen molar-refractivity contribution in [3.63, 3.8) is 0 Å². The quantitative estimate of drug-likeness (QED) is 0.169. The molecule has 2 atom stereocenters. The topological polar surface area (TPSA) is 129 Å². The molecule has 5 aromatic rings. The summed E-state index contributed by atoms with van der Waals surface area (Å²) >= 11 is 1.56. The van der Waals surface area contributed by atoms with Crippen LogP contribution in [0.2, 0.25) is 0 Å². The number of hydrogen-bond acceptors (Lipinski definition) is 11. The third-order valence-corrected chi connectivity index (χ3v) is 13.3. The van der Waals surface area contributed by atoms with Crippen LogP contribution in [0.5, 0.6) is 5.88 Å². The first kappa shape index (κ1) is 32.2. The van der Waals surface area contributed by atoms with Crippen LogP contribution in [0.15, 0.2) is 53.8 Å². The van der Waals surface area contributed by atoms with Crippen LogP contribution in [0.25, 0.3) is 31.9 Å². The molecule has 3 aliphatic rings. The number of anilines is 1. The Morgan fingerprint density at radius 3 is 2.67 bits per heavy atom. The summed E-state index contributed by atoms with van der Waals surface area (Å²) in [6.45, 7) is 5.69. The fourth-order valence-electron chi connectivity index (χ4n) is 7.64. The molecular formula is C37H40N6O4S2. The third-order valence-electron chi connectivity index (χ3n) is 10.3. The van der Waals surface area contributed by atoms with Crippen LogP contribution >= 0.6 is 11.3 Å². The summed E-state index contributed by atoms with van der Waals surface area (Å²) in [7, 11) is -2.10. The van der Waals surface area contributed by atoms with Crippen LogP contribution in [0, 0.1) is 11.8 Å². The number of nitrogens with one attached hydrogen (secondary N) is 1. The average molecular weight is 697 g/mol. The molecule has 0 saturated carbocycles. The first-order valence-electron chi connectivity index (χ1n) is 17.1. The largest absolute Gasteiger partial charge is 0.481 e. The van der Waals surface area contributed by atoms with E-state index in [1.165, 1.54) is 5.56 Å². The molecule has 5 aromatic heterocycles. The molecule has 0 spiro atoms. The van der Waals surface area contributed by atoms with E-state index in [4.69, 9.17) is 29.4 Å². The summed E-state index contributed by atoms with van der Waals surface area (Å²) in [6.07, 6.45) is 10.8. The number of rotatable bonds is 9. The molecule has 1 unspecified atom stereocenters. The highest BCUT2D eigenvalue weighted by Crippen LogP contribution is 2.51.